The third-order valence-corrected chi connectivity index (χ3v) is 3.15. The van der Waals surface area contributed by atoms with E-state index in [1.54, 1.807) is 0 Å². The molecule has 1 aromatic rings. The molecule has 0 amide bonds. The van der Waals surface area contributed by atoms with E-state index in [2.05, 4.69) is 5.32 Å². The van der Waals surface area contributed by atoms with Gasteiger partial charge in [-0.05, 0) is 49.9 Å². The minimum atomic E-state index is -0.174. The van der Waals surface area contributed by atoms with E-state index >= 15 is 0 Å². The summed E-state index contributed by atoms with van der Waals surface area (Å²) in [6, 6.07) is 6.65. The Morgan fingerprint density at radius 1 is 1.29 bits per heavy atom. The van der Waals surface area contributed by atoms with Crippen molar-refractivity contribution in [3.05, 3.63) is 35.6 Å². The number of benzene rings is 1. The quantitative estimate of drug-likeness (QED) is 0.768. The third-order valence-electron chi connectivity index (χ3n) is 3.15. The minimum Gasteiger partial charge on any atom is -0.378 e. The van der Waals surface area contributed by atoms with Crippen molar-refractivity contribution in [1.82, 2.24) is 5.32 Å². The van der Waals surface area contributed by atoms with Crippen LogP contribution >= 0.6 is 0 Å². The lowest BCUT2D eigenvalue weighted by atomic mass is 10.1. The second-order valence-corrected chi connectivity index (χ2v) is 4.58. The molecule has 94 valence electrons. The second-order valence-electron chi connectivity index (χ2n) is 4.58. The fourth-order valence-corrected chi connectivity index (χ4v) is 2.16. The van der Waals surface area contributed by atoms with Gasteiger partial charge in [-0.1, -0.05) is 12.1 Å². The van der Waals surface area contributed by atoms with Crippen molar-refractivity contribution in [2.75, 3.05) is 13.2 Å². The number of hydrogen-bond donors (Lipinski definition) is 1. The molecule has 0 radical (unpaired) electrons. The van der Waals surface area contributed by atoms with Gasteiger partial charge in [0.15, 0.2) is 0 Å². The Morgan fingerprint density at radius 2 is 2.12 bits per heavy atom. The molecule has 1 unspecified atom stereocenters. The summed E-state index contributed by atoms with van der Waals surface area (Å²) in [6.07, 6.45) is 5.22. The van der Waals surface area contributed by atoms with Crippen molar-refractivity contribution in [2.45, 2.75) is 38.3 Å². The van der Waals surface area contributed by atoms with Gasteiger partial charge < -0.3 is 10.1 Å². The SMILES string of the molecule is Fc1ccc(CNCCCC2CCCO2)cc1. The normalized spacial score (nSPS) is 19.7. The van der Waals surface area contributed by atoms with Gasteiger partial charge in [-0.3, -0.25) is 0 Å². The van der Waals surface area contributed by atoms with Crippen LogP contribution in [0.25, 0.3) is 0 Å². The highest BCUT2D eigenvalue weighted by molar-refractivity contribution is 5.15. The molecule has 1 fully saturated rings. The van der Waals surface area contributed by atoms with Crippen molar-refractivity contribution in [2.24, 2.45) is 0 Å². The summed E-state index contributed by atoms with van der Waals surface area (Å²) in [5.41, 5.74) is 1.13. The van der Waals surface area contributed by atoms with Crippen LogP contribution in [0.5, 0.6) is 0 Å². The molecule has 0 aromatic heterocycles. The number of hydrogen-bond acceptors (Lipinski definition) is 2. The summed E-state index contributed by atoms with van der Waals surface area (Å²) >= 11 is 0. The van der Waals surface area contributed by atoms with E-state index in [1.807, 2.05) is 12.1 Å². The summed E-state index contributed by atoms with van der Waals surface area (Å²) in [5.74, 6) is -0.174. The van der Waals surface area contributed by atoms with Crippen LogP contribution in [0.3, 0.4) is 0 Å². The molecule has 3 heteroatoms. The van der Waals surface area contributed by atoms with Crippen LogP contribution in [0.2, 0.25) is 0 Å². The first-order valence-electron chi connectivity index (χ1n) is 6.41. The molecular formula is C14H20FNO. The van der Waals surface area contributed by atoms with E-state index in [0.29, 0.717) is 6.10 Å². The van der Waals surface area contributed by atoms with Gasteiger partial charge in [0.25, 0.3) is 0 Å². The fraction of sp³-hybridized carbons (Fsp3) is 0.571. The van der Waals surface area contributed by atoms with Crippen LogP contribution < -0.4 is 5.32 Å². The predicted molar refractivity (Wildman–Crippen MR) is 66.3 cm³/mol. The highest BCUT2D eigenvalue weighted by atomic mass is 19.1. The maximum absolute atomic E-state index is 12.7. The molecule has 1 saturated heterocycles. The molecular weight excluding hydrogens is 217 g/mol. The molecule has 2 rings (SSSR count). The number of ether oxygens (including phenoxy) is 1. The van der Waals surface area contributed by atoms with Gasteiger partial charge >= 0.3 is 0 Å². The van der Waals surface area contributed by atoms with E-state index in [-0.39, 0.29) is 5.82 Å². The Kier molecular flexibility index (Phi) is 4.95. The van der Waals surface area contributed by atoms with Gasteiger partial charge in [-0.25, -0.2) is 4.39 Å². The Morgan fingerprint density at radius 3 is 2.82 bits per heavy atom. The van der Waals surface area contributed by atoms with Crippen molar-refractivity contribution >= 4 is 0 Å². The summed E-state index contributed by atoms with van der Waals surface area (Å²) in [6.45, 7) is 2.75. The average molecular weight is 237 g/mol. The first kappa shape index (κ1) is 12.5. The maximum Gasteiger partial charge on any atom is 0.123 e. The molecule has 0 saturated carbocycles. The molecule has 1 heterocycles. The molecule has 1 aliphatic heterocycles. The van der Waals surface area contributed by atoms with Crippen LogP contribution in [0.4, 0.5) is 4.39 Å². The summed E-state index contributed by atoms with van der Waals surface area (Å²) in [7, 11) is 0. The molecule has 2 nitrogen and oxygen atoms in total. The monoisotopic (exact) mass is 237 g/mol. The Hall–Kier alpha value is -0.930. The zero-order valence-electron chi connectivity index (χ0n) is 10.1. The average Bonchev–Trinajstić information content (AvgIpc) is 2.84. The number of nitrogens with one attached hydrogen (secondary N) is 1. The van der Waals surface area contributed by atoms with Crippen molar-refractivity contribution in [3.8, 4) is 0 Å². The van der Waals surface area contributed by atoms with E-state index in [1.165, 1.54) is 25.0 Å². The van der Waals surface area contributed by atoms with Crippen molar-refractivity contribution in [1.29, 1.82) is 0 Å². The summed E-state index contributed by atoms with van der Waals surface area (Å²) in [5, 5.41) is 3.37. The smallest absolute Gasteiger partial charge is 0.123 e. The van der Waals surface area contributed by atoms with E-state index < -0.39 is 0 Å². The highest BCUT2D eigenvalue weighted by Crippen LogP contribution is 2.16. The molecule has 0 bridgehead atoms. The van der Waals surface area contributed by atoms with E-state index in [4.69, 9.17) is 4.74 Å². The Bertz CT molecular complexity index is 319. The van der Waals surface area contributed by atoms with Gasteiger partial charge in [-0.15, -0.1) is 0 Å². The first-order valence-corrected chi connectivity index (χ1v) is 6.41. The van der Waals surface area contributed by atoms with Crippen LogP contribution in [-0.4, -0.2) is 19.3 Å². The molecule has 0 spiro atoms. The van der Waals surface area contributed by atoms with E-state index in [9.17, 15) is 4.39 Å². The van der Waals surface area contributed by atoms with Crippen LogP contribution in [0.15, 0.2) is 24.3 Å². The van der Waals surface area contributed by atoms with Gasteiger partial charge in [0.2, 0.25) is 0 Å². The second kappa shape index (κ2) is 6.72. The number of halogens is 1. The van der Waals surface area contributed by atoms with Gasteiger partial charge in [0, 0.05) is 13.2 Å². The molecule has 1 atom stereocenters. The highest BCUT2D eigenvalue weighted by Gasteiger charge is 2.14. The standard InChI is InChI=1S/C14H20FNO/c15-13-7-5-12(6-8-13)11-16-9-1-3-14-4-2-10-17-14/h5-8,14,16H,1-4,9-11H2. The molecule has 1 N–H and O–H groups in total. The fourth-order valence-electron chi connectivity index (χ4n) is 2.16. The van der Waals surface area contributed by atoms with E-state index in [0.717, 1.165) is 38.1 Å². The van der Waals surface area contributed by atoms with Gasteiger partial charge in [-0.2, -0.15) is 0 Å². The van der Waals surface area contributed by atoms with Gasteiger partial charge in [0.1, 0.15) is 5.82 Å². The zero-order chi connectivity index (χ0) is 11.9. The Balaban J connectivity index is 1.55. The molecule has 1 aliphatic rings. The largest absolute Gasteiger partial charge is 0.378 e. The summed E-state index contributed by atoms with van der Waals surface area (Å²) < 4.78 is 18.2. The molecule has 1 aromatic carbocycles. The first-order chi connectivity index (χ1) is 8.34. The third kappa shape index (κ3) is 4.44. The minimum absolute atomic E-state index is 0.174. The van der Waals surface area contributed by atoms with Crippen molar-refractivity contribution in [3.63, 3.8) is 0 Å². The predicted octanol–water partition coefficient (Wildman–Crippen LogP) is 2.87. The maximum atomic E-state index is 12.7. The van der Waals surface area contributed by atoms with Crippen LogP contribution in [0.1, 0.15) is 31.2 Å². The molecule has 0 aliphatic carbocycles. The lowest BCUT2D eigenvalue weighted by Crippen LogP contribution is -2.16. The summed E-state index contributed by atoms with van der Waals surface area (Å²) in [4.78, 5) is 0. The zero-order valence-corrected chi connectivity index (χ0v) is 10.1. The lowest BCUT2D eigenvalue weighted by molar-refractivity contribution is 0.102. The van der Waals surface area contributed by atoms with Gasteiger partial charge in [0.05, 0.1) is 6.10 Å². The van der Waals surface area contributed by atoms with Crippen LogP contribution in [-0.2, 0) is 11.3 Å². The Labute approximate surface area is 102 Å². The lowest BCUT2D eigenvalue weighted by Gasteiger charge is -2.09. The van der Waals surface area contributed by atoms with Crippen LogP contribution in [0, 0.1) is 5.82 Å². The van der Waals surface area contributed by atoms with Crippen molar-refractivity contribution < 1.29 is 9.13 Å². The molecule has 17 heavy (non-hydrogen) atoms. The topological polar surface area (TPSA) is 21.3 Å². The number of rotatable bonds is 6.